The summed E-state index contributed by atoms with van der Waals surface area (Å²) in [4.78, 5) is 22.5. The van der Waals surface area contributed by atoms with Crippen molar-refractivity contribution in [2.75, 3.05) is 5.32 Å². The van der Waals surface area contributed by atoms with Crippen LogP contribution in [0.3, 0.4) is 0 Å². The Morgan fingerprint density at radius 2 is 2.00 bits per heavy atom. The van der Waals surface area contributed by atoms with Crippen LogP contribution in [0.5, 0.6) is 0 Å². The van der Waals surface area contributed by atoms with E-state index in [0.29, 0.717) is 12.1 Å². The summed E-state index contributed by atoms with van der Waals surface area (Å²) < 4.78 is 12.7. The van der Waals surface area contributed by atoms with Crippen LogP contribution in [-0.4, -0.2) is 12.2 Å². The monoisotopic (exact) mass is 237 g/mol. The smallest absolute Gasteiger partial charge is 0.230 e. The lowest BCUT2D eigenvalue weighted by Gasteiger charge is -2.24. The minimum Gasteiger partial charge on any atom is -0.326 e. The van der Waals surface area contributed by atoms with Crippen molar-refractivity contribution in [1.82, 2.24) is 0 Å². The molecule has 1 N–H and O–H groups in total. The Labute approximate surface area is 100 Å². The van der Waals surface area contributed by atoms with Crippen molar-refractivity contribution in [3.05, 3.63) is 30.1 Å². The number of rotatable bonds is 5. The molecule has 0 aliphatic heterocycles. The maximum atomic E-state index is 12.7. The van der Waals surface area contributed by atoms with Crippen molar-refractivity contribution in [3.8, 4) is 0 Å². The molecule has 0 spiro atoms. The van der Waals surface area contributed by atoms with Crippen LogP contribution in [0.25, 0.3) is 0 Å². The van der Waals surface area contributed by atoms with E-state index in [4.69, 9.17) is 0 Å². The van der Waals surface area contributed by atoms with Gasteiger partial charge in [0.25, 0.3) is 0 Å². The second kappa shape index (κ2) is 5.57. The first-order chi connectivity index (χ1) is 8.01. The lowest BCUT2D eigenvalue weighted by Crippen LogP contribution is -2.33. The lowest BCUT2D eigenvalue weighted by molar-refractivity contribution is -0.127. The van der Waals surface area contributed by atoms with Crippen LogP contribution in [0, 0.1) is 11.2 Å². The zero-order valence-corrected chi connectivity index (χ0v) is 10.00. The van der Waals surface area contributed by atoms with Gasteiger partial charge in [0.15, 0.2) is 0 Å². The normalized spacial score (nSPS) is 13.8. The van der Waals surface area contributed by atoms with Crippen molar-refractivity contribution < 1.29 is 14.0 Å². The Hall–Kier alpha value is -1.71. The molecule has 0 saturated heterocycles. The zero-order chi connectivity index (χ0) is 12.9. The third-order valence-corrected chi connectivity index (χ3v) is 2.96. The third-order valence-electron chi connectivity index (χ3n) is 2.96. The maximum absolute atomic E-state index is 12.7. The van der Waals surface area contributed by atoms with Crippen LogP contribution in [0.4, 0.5) is 10.1 Å². The first kappa shape index (κ1) is 13.4. The summed E-state index contributed by atoms with van der Waals surface area (Å²) in [5.41, 5.74) is -0.183. The molecule has 0 radical (unpaired) electrons. The SMILES string of the molecule is CCC(C)(CC=O)C(=O)Nc1ccc(F)cc1. The molecule has 3 nitrogen and oxygen atoms in total. The molecule has 1 atom stereocenters. The fraction of sp³-hybridized carbons (Fsp3) is 0.385. The highest BCUT2D eigenvalue weighted by atomic mass is 19.1. The summed E-state index contributed by atoms with van der Waals surface area (Å²) in [6.45, 7) is 3.59. The van der Waals surface area contributed by atoms with E-state index in [1.165, 1.54) is 24.3 Å². The van der Waals surface area contributed by atoms with Crippen LogP contribution in [-0.2, 0) is 9.59 Å². The van der Waals surface area contributed by atoms with Crippen LogP contribution in [0.2, 0.25) is 0 Å². The first-order valence-electron chi connectivity index (χ1n) is 5.52. The van der Waals surface area contributed by atoms with E-state index in [-0.39, 0.29) is 18.1 Å². The Bertz CT molecular complexity index is 402. The molecule has 0 aromatic heterocycles. The molecular weight excluding hydrogens is 221 g/mol. The Morgan fingerprint density at radius 3 is 2.47 bits per heavy atom. The molecule has 1 aromatic rings. The van der Waals surface area contributed by atoms with E-state index in [1.807, 2.05) is 6.92 Å². The molecule has 0 saturated carbocycles. The van der Waals surface area contributed by atoms with Crippen molar-refractivity contribution in [1.29, 1.82) is 0 Å². The first-order valence-corrected chi connectivity index (χ1v) is 5.52. The maximum Gasteiger partial charge on any atom is 0.230 e. The number of hydrogen-bond donors (Lipinski definition) is 1. The van der Waals surface area contributed by atoms with Crippen LogP contribution in [0.1, 0.15) is 26.7 Å². The van der Waals surface area contributed by atoms with Crippen LogP contribution < -0.4 is 5.32 Å². The highest BCUT2D eigenvalue weighted by Crippen LogP contribution is 2.26. The minimum atomic E-state index is -0.712. The van der Waals surface area contributed by atoms with Crippen LogP contribution >= 0.6 is 0 Å². The number of amides is 1. The average molecular weight is 237 g/mol. The predicted molar refractivity (Wildman–Crippen MR) is 64.1 cm³/mol. The zero-order valence-electron chi connectivity index (χ0n) is 10.00. The van der Waals surface area contributed by atoms with Gasteiger partial charge in [-0.15, -0.1) is 0 Å². The minimum absolute atomic E-state index is 0.177. The fourth-order valence-electron chi connectivity index (χ4n) is 1.40. The van der Waals surface area contributed by atoms with Gasteiger partial charge in [-0.3, -0.25) is 4.79 Å². The van der Waals surface area contributed by atoms with E-state index >= 15 is 0 Å². The Morgan fingerprint density at radius 1 is 1.41 bits per heavy atom. The van der Waals surface area contributed by atoms with Crippen molar-refractivity contribution in [2.24, 2.45) is 5.41 Å². The van der Waals surface area contributed by atoms with E-state index in [0.717, 1.165) is 6.29 Å². The van der Waals surface area contributed by atoms with E-state index in [1.54, 1.807) is 6.92 Å². The molecule has 17 heavy (non-hydrogen) atoms. The molecule has 1 rings (SSSR count). The number of aldehydes is 1. The summed E-state index contributed by atoms with van der Waals surface area (Å²) in [7, 11) is 0. The summed E-state index contributed by atoms with van der Waals surface area (Å²) in [6.07, 6.45) is 1.49. The van der Waals surface area contributed by atoms with Gasteiger partial charge < -0.3 is 10.1 Å². The van der Waals surface area contributed by atoms with Gasteiger partial charge in [-0.05, 0) is 30.7 Å². The van der Waals surface area contributed by atoms with Gasteiger partial charge in [-0.25, -0.2) is 4.39 Å². The fourth-order valence-corrected chi connectivity index (χ4v) is 1.40. The van der Waals surface area contributed by atoms with E-state index < -0.39 is 5.41 Å². The van der Waals surface area contributed by atoms with Gasteiger partial charge in [0.2, 0.25) is 5.91 Å². The van der Waals surface area contributed by atoms with Gasteiger partial charge in [-0.1, -0.05) is 13.8 Å². The average Bonchev–Trinajstić information content (AvgIpc) is 2.32. The lowest BCUT2D eigenvalue weighted by atomic mass is 9.83. The molecule has 0 heterocycles. The number of hydrogen-bond acceptors (Lipinski definition) is 2. The highest BCUT2D eigenvalue weighted by molar-refractivity contribution is 5.96. The van der Waals surface area contributed by atoms with Gasteiger partial charge in [0.1, 0.15) is 12.1 Å². The number of anilines is 1. The molecule has 1 unspecified atom stereocenters. The summed E-state index contributed by atoms with van der Waals surface area (Å²) in [6, 6.07) is 5.53. The van der Waals surface area contributed by atoms with E-state index in [2.05, 4.69) is 5.32 Å². The largest absolute Gasteiger partial charge is 0.326 e. The van der Waals surface area contributed by atoms with Gasteiger partial charge >= 0.3 is 0 Å². The third kappa shape index (κ3) is 3.37. The molecule has 0 fully saturated rings. The Balaban J connectivity index is 2.77. The number of benzene rings is 1. The molecule has 1 amide bonds. The second-order valence-corrected chi connectivity index (χ2v) is 4.25. The molecule has 1 aromatic carbocycles. The van der Waals surface area contributed by atoms with Gasteiger partial charge in [0.05, 0.1) is 5.41 Å². The van der Waals surface area contributed by atoms with Gasteiger partial charge in [0, 0.05) is 12.1 Å². The van der Waals surface area contributed by atoms with E-state index in [9.17, 15) is 14.0 Å². The quantitative estimate of drug-likeness (QED) is 0.800. The molecule has 0 aliphatic rings. The topological polar surface area (TPSA) is 46.2 Å². The molecule has 0 aliphatic carbocycles. The molecule has 92 valence electrons. The Kier molecular flexibility index (Phi) is 4.37. The number of carbonyl (C=O) groups is 2. The van der Waals surface area contributed by atoms with Crippen molar-refractivity contribution in [3.63, 3.8) is 0 Å². The summed E-state index contributed by atoms with van der Waals surface area (Å²) in [5, 5.41) is 2.68. The highest BCUT2D eigenvalue weighted by Gasteiger charge is 2.30. The van der Waals surface area contributed by atoms with Crippen LogP contribution in [0.15, 0.2) is 24.3 Å². The van der Waals surface area contributed by atoms with Crippen molar-refractivity contribution >= 4 is 17.9 Å². The number of carbonyl (C=O) groups excluding carboxylic acids is 2. The predicted octanol–water partition coefficient (Wildman–Crippen LogP) is 2.77. The van der Waals surface area contributed by atoms with Gasteiger partial charge in [-0.2, -0.15) is 0 Å². The molecular formula is C13H16FNO2. The number of halogens is 1. The molecule has 0 bridgehead atoms. The second-order valence-electron chi connectivity index (χ2n) is 4.25. The van der Waals surface area contributed by atoms with Crippen molar-refractivity contribution in [2.45, 2.75) is 26.7 Å². The number of nitrogens with one attached hydrogen (secondary N) is 1. The summed E-state index contributed by atoms with van der Waals surface area (Å²) in [5.74, 6) is -0.576. The standard InChI is InChI=1S/C13H16FNO2/c1-3-13(2,8-9-16)12(17)15-11-6-4-10(14)5-7-11/h4-7,9H,3,8H2,1-2H3,(H,15,17). The summed E-state index contributed by atoms with van der Waals surface area (Å²) >= 11 is 0. The molecule has 4 heteroatoms.